The smallest absolute Gasteiger partial charge is 0.224 e. The molecule has 5 rings (SSSR count). The molecule has 1 amide bonds. The number of rotatable bonds is 10. The lowest BCUT2D eigenvalue weighted by molar-refractivity contribution is -0.132. The minimum atomic E-state index is -0.234. The number of likely N-dealkylation sites (tertiary alicyclic amines) is 1. The summed E-state index contributed by atoms with van der Waals surface area (Å²) in [6.07, 6.45) is 3.91. The average molecular weight is 545 g/mol. The van der Waals surface area contributed by atoms with E-state index in [9.17, 15) is 4.79 Å². The SMILES string of the molecule is COCCCn1c([C@@H]2CCCN(C(=O)C[C@H](N)Cc3ccc(-c4ccccc4Cl)cc3)C2)nc2ccccc21. The fraction of sp³-hybridized carbons (Fsp3) is 0.375. The molecule has 2 atom stereocenters. The second-order valence-electron chi connectivity index (χ2n) is 10.5. The number of piperidine rings is 1. The molecule has 3 aromatic carbocycles. The Labute approximate surface area is 235 Å². The molecule has 2 N–H and O–H groups in total. The van der Waals surface area contributed by atoms with Crippen LogP contribution in [0.1, 0.15) is 43.0 Å². The lowest BCUT2D eigenvalue weighted by Gasteiger charge is -2.33. The molecule has 6 nitrogen and oxygen atoms in total. The van der Waals surface area contributed by atoms with Crippen molar-refractivity contribution >= 4 is 28.5 Å². The fourth-order valence-corrected chi connectivity index (χ4v) is 5.91. The van der Waals surface area contributed by atoms with E-state index in [-0.39, 0.29) is 17.9 Å². The van der Waals surface area contributed by atoms with Gasteiger partial charge in [-0.05, 0) is 55.0 Å². The number of hydrogen-bond acceptors (Lipinski definition) is 4. The monoisotopic (exact) mass is 544 g/mol. The maximum absolute atomic E-state index is 13.3. The van der Waals surface area contributed by atoms with Gasteiger partial charge in [0.05, 0.1) is 11.0 Å². The first-order valence-corrected chi connectivity index (χ1v) is 14.2. The first kappa shape index (κ1) is 27.4. The summed E-state index contributed by atoms with van der Waals surface area (Å²) in [7, 11) is 1.73. The van der Waals surface area contributed by atoms with E-state index < -0.39 is 0 Å². The Balaban J connectivity index is 1.21. The Morgan fingerprint density at radius 2 is 1.87 bits per heavy atom. The van der Waals surface area contributed by atoms with Crippen molar-refractivity contribution in [3.63, 3.8) is 0 Å². The van der Waals surface area contributed by atoms with Crippen LogP contribution in [0.15, 0.2) is 72.8 Å². The van der Waals surface area contributed by atoms with Crippen molar-refractivity contribution in [1.82, 2.24) is 14.5 Å². The summed E-state index contributed by atoms with van der Waals surface area (Å²) in [6, 6.07) is 24.2. The van der Waals surface area contributed by atoms with E-state index in [1.165, 1.54) is 0 Å². The Morgan fingerprint density at radius 3 is 2.67 bits per heavy atom. The molecule has 1 saturated heterocycles. The Bertz CT molecular complexity index is 1400. The topological polar surface area (TPSA) is 73.4 Å². The number of methoxy groups -OCH3 is 1. The van der Waals surface area contributed by atoms with Crippen molar-refractivity contribution in [2.24, 2.45) is 5.73 Å². The van der Waals surface area contributed by atoms with Gasteiger partial charge < -0.3 is 19.9 Å². The number of aromatic nitrogens is 2. The third kappa shape index (κ3) is 6.52. The van der Waals surface area contributed by atoms with Crippen LogP contribution in [0, 0.1) is 0 Å². The quantitative estimate of drug-likeness (QED) is 0.246. The molecular formula is C32H37ClN4O2. The molecule has 4 aromatic rings. The number of amides is 1. The van der Waals surface area contributed by atoms with Crippen LogP contribution in [0.2, 0.25) is 5.02 Å². The summed E-state index contributed by atoms with van der Waals surface area (Å²) in [5, 5.41) is 0.734. The minimum absolute atomic E-state index is 0.127. The van der Waals surface area contributed by atoms with Crippen molar-refractivity contribution in [3.05, 3.63) is 89.2 Å². The van der Waals surface area contributed by atoms with Crippen LogP contribution >= 0.6 is 11.6 Å². The highest BCUT2D eigenvalue weighted by atomic mass is 35.5. The highest BCUT2D eigenvalue weighted by Crippen LogP contribution is 2.31. The van der Waals surface area contributed by atoms with Gasteiger partial charge in [-0.25, -0.2) is 4.98 Å². The molecule has 1 aromatic heterocycles. The first-order valence-electron chi connectivity index (χ1n) is 13.8. The third-order valence-electron chi connectivity index (χ3n) is 7.63. The summed E-state index contributed by atoms with van der Waals surface area (Å²) < 4.78 is 7.62. The molecule has 39 heavy (non-hydrogen) atoms. The maximum atomic E-state index is 13.3. The average Bonchev–Trinajstić information content (AvgIpc) is 3.33. The minimum Gasteiger partial charge on any atom is -0.385 e. The molecule has 2 heterocycles. The molecule has 0 saturated carbocycles. The number of hydrogen-bond donors (Lipinski definition) is 1. The molecule has 0 aliphatic carbocycles. The van der Waals surface area contributed by atoms with Crippen LogP contribution in [0.5, 0.6) is 0 Å². The molecule has 0 unspecified atom stereocenters. The van der Waals surface area contributed by atoms with Crippen LogP contribution in [-0.2, 0) is 22.5 Å². The van der Waals surface area contributed by atoms with Gasteiger partial charge in [-0.2, -0.15) is 0 Å². The second-order valence-corrected chi connectivity index (χ2v) is 10.9. The molecule has 1 fully saturated rings. The van der Waals surface area contributed by atoms with Gasteiger partial charge in [0.25, 0.3) is 0 Å². The van der Waals surface area contributed by atoms with Crippen LogP contribution in [0.4, 0.5) is 0 Å². The van der Waals surface area contributed by atoms with Crippen LogP contribution in [0.25, 0.3) is 22.2 Å². The number of carbonyl (C=O) groups excluding carboxylic acids is 1. The number of nitrogens with zero attached hydrogens (tertiary/aromatic N) is 3. The summed E-state index contributed by atoms with van der Waals surface area (Å²) in [5.74, 6) is 1.42. The number of fused-ring (bicyclic) bond motifs is 1. The standard InChI is InChI=1S/C32H37ClN4O2/c1-39-19-7-18-37-30-12-5-4-11-29(30)35-32(37)25-8-6-17-36(22-25)31(38)21-26(34)20-23-13-15-24(16-14-23)27-9-2-3-10-28(27)33/h2-5,9-16,25-26H,6-8,17-22,34H2,1H3/t25-,26-/m1/s1. The number of halogens is 1. The van der Waals surface area contributed by atoms with E-state index >= 15 is 0 Å². The van der Waals surface area contributed by atoms with Gasteiger partial charge in [-0.3, -0.25) is 4.79 Å². The number of carbonyl (C=O) groups is 1. The third-order valence-corrected chi connectivity index (χ3v) is 7.96. The predicted molar refractivity (Wildman–Crippen MR) is 158 cm³/mol. The molecule has 0 spiro atoms. The molecule has 1 aliphatic rings. The van der Waals surface area contributed by atoms with Gasteiger partial charge in [0.1, 0.15) is 5.82 Å². The van der Waals surface area contributed by atoms with Crippen LogP contribution in [0.3, 0.4) is 0 Å². The molecule has 0 radical (unpaired) electrons. The van der Waals surface area contributed by atoms with Gasteiger partial charge in [-0.15, -0.1) is 0 Å². The number of imidazole rings is 1. The van der Waals surface area contributed by atoms with Crippen molar-refractivity contribution < 1.29 is 9.53 Å². The molecule has 7 heteroatoms. The normalized spacial score (nSPS) is 16.5. The zero-order valence-electron chi connectivity index (χ0n) is 22.6. The fourth-order valence-electron chi connectivity index (χ4n) is 5.67. The Morgan fingerprint density at radius 1 is 1.10 bits per heavy atom. The first-order chi connectivity index (χ1) is 19.0. The summed E-state index contributed by atoms with van der Waals surface area (Å²) in [4.78, 5) is 20.3. The van der Waals surface area contributed by atoms with Crippen molar-refractivity contribution in [2.45, 2.75) is 50.6 Å². The number of ether oxygens (including phenoxy) is 1. The van der Waals surface area contributed by atoms with Crippen LogP contribution in [-0.4, -0.2) is 53.2 Å². The summed E-state index contributed by atoms with van der Waals surface area (Å²) >= 11 is 6.35. The van der Waals surface area contributed by atoms with Gasteiger partial charge in [0.15, 0.2) is 0 Å². The second kappa shape index (κ2) is 12.8. The van der Waals surface area contributed by atoms with Gasteiger partial charge in [-0.1, -0.05) is 66.2 Å². The number of para-hydroxylation sites is 2. The molecule has 1 aliphatic heterocycles. The zero-order valence-corrected chi connectivity index (χ0v) is 23.3. The highest BCUT2D eigenvalue weighted by molar-refractivity contribution is 6.33. The zero-order chi connectivity index (χ0) is 27.2. The Kier molecular flexibility index (Phi) is 8.97. The van der Waals surface area contributed by atoms with Crippen LogP contribution < -0.4 is 5.73 Å². The van der Waals surface area contributed by atoms with Crippen molar-refractivity contribution in [1.29, 1.82) is 0 Å². The molecular weight excluding hydrogens is 508 g/mol. The largest absolute Gasteiger partial charge is 0.385 e. The number of nitrogens with two attached hydrogens (primary N) is 1. The summed E-state index contributed by atoms with van der Waals surface area (Å²) in [5.41, 5.74) is 11.8. The highest BCUT2D eigenvalue weighted by Gasteiger charge is 2.29. The Hall–Kier alpha value is -3.19. The maximum Gasteiger partial charge on any atom is 0.224 e. The molecule has 204 valence electrons. The van der Waals surface area contributed by atoms with Gasteiger partial charge in [0.2, 0.25) is 5.91 Å². The lowest BCUT2D eigenvalue weighted by atomic mass is 9.95. The molecule has 0 bridgehead atoms. The lowest BCUT2D eigenvalue weighted by Crippen LogP contribution is -2.42. The summed E-state index contributed by atoms with van der Waals surface area (Å²) in [6.45, 7) is 3.03. The van der Waals surface area contributed by atoms with E-state index in [0.717, 1.165) is 70.9 Å². The van der Waals surface area contributed by atoms with E-state index in [0.29, 0.717) is 26.0 Å². The van der Waals surface area contributed by atoms with E-state index in [1.54, 1.807) is 7.11 Å². The van der Waals surface area contributed by atoms with Crippen molar-refractivity contribution in [3.8, 4) is 11.1 Å². The van der Waals surface area contributed by atoms with Crippen molar-refractivity contribution in [2.75, 3.05) is 26.8 Å². The van der Waals surface area contributed by atoms with E-state index in [4.69, 9.17) is 27.1 Å². The number of aryl methyl sites for hydroxylation is 1. The van der Waals surface area contributed by atoms with Gasteiger partial charge in [0, 0.05) is 62.3 Å². The number of benzene rings is 3. The van der Waals surface area contributed by atoms with Gasteiger partial charge >= 0.3 is 0 Å². The van der Waals surface area contributed by atoms with E-state index in [1.807, 2.05) is 35.2 Å². The predicted octanol–water partition coefficient (Wildman–Crippen LogP) is 6.06. The van der Waals surface area contributed by atoms with E-state index in [2.05, 4.69) is 47.0 Å².